The third-order valence-corrected chi connectivity index (χ3v) is 3.59. The van der Waals surface area contributed by atoms with Crippen molar-refractivity contribution in [2.45, 2.75) is 6.04 Å². The Bertz CT molecular complexity index is 857. The van der Waals surface area contributed by atoms with E-state index in [0.29, 0.717) is 5.06 Å². The number of urea groups is 1. The summed E-state index contributed by atoms with van der Waals surface area (Å²) in [6.45, 7) is 0.0515. The minimum Gasteiger partial charge on any atom is -0.462 e. The standard InChI is InChI=1S/C19H16FN3O3/c20-16-10-8-15(9-11-16)17-13-26-18(21-17)22-19(24)23(25)12-4-7-14-5-2-1-3-6-14/h1-3,5-6,8-11,17,25H,12-13H2,(H,21,22,24)/t17-/m0/s1. The zero-order valence-electron chi connectivity index (χ0n) is 13.7. The minimum absolute atomic E-state index is 0.000562. The number of carbonyl (C=O) groups excluding carboxylic acids is 1. The first-order valence-corrected chi connectivity index (χ1v) is 7.89. The first kappa shape index (κ1) is 17.5. The second-order valence-corrected chi connectivity index (χ2v) is 5.47. The Morgan fingerprint density at radius 3 is 2.73 bits per heavy atom. The van der Waals surface area contributed by atoms with Crippen LogP contribution in [0.25, 0.3) is 0 Å². The summed E-state index contributed by atoms with van der Waals surface area (Å²) in [5.74, 6) is 5.19. The molecule has 1 heterocycles. The van der Waals surface area contributed by atoms with E-state index in [4.69, 9.17) is 4.74 Å². The summed E-state index contributed by atoms with van der Waals surface area (Å²) in [7, 11) is 0. The Balaban J connectivity index is 1.53. The van der Waals surface area contributed by atoms with Crippen LogP contribution in [0.2, 0.25) is 0 Å². The third kappa shape index (κ3) is 4.59. The Hall–Kier alpha value is -3.37. The molecule has 3 rings (SSSR count). The SMILES string of the molecule is O=C(NC1=N[C@H](c2ccc(F)cc2)CO1)N(O)CC#Cc1ccccc1. The summed E-state index contributed by atoms with van der Waals surface area (Å²) < 4.78 is 18.2. The van der Waals surface area contributed by atoms with Crippen molar-refractivity contribution in [3.63, 3.8) is 0 Å². The summed E-state index contributed by atoms with van der Waals surface area (Å²) >= 11 is 0. The van der Waals surface area contributed by atoms with Crippen LogP contribution in [0.4, 0.5) is 9.18 Å². The van der Waals surface area contributed by atoms with Crippen LogP contribution < -0.4 is 5.32 Å². The number of carbonyl (C=O) groups is 1. The molecule has 0 spiro atoms. The maximum Gasteiger partial charge on any atom is 0.350 e. The van der Waals surface area contributed by atoms with Gasteiger partial charge in [0.2, 0.25) is 0 Å². The van der Waals surface area contributed by atoms with Gasteiger partial charge in [-0.2, -0.15) is 5.06 Å². The maximum atomic E-state index is 13.0. The Morgan fingerprint density at radius 1 is 1.27 bits per heavy atom. The highest BCUT2D eigenvalue weighted by Gasteiger charge is 2.23. The predicted molar refractivity (Wildman–Crippen MR) is 92.9 cm³/mol. The molecular formula is C19H16FN3O3. The highest BCUT2D eigenvalue weighted by Crippen LogP contribution is 2.22. The highest BCUT2D eigenvalue weighted by molar-refractivity contribution is 5.93. The van der Waals surface area contributed by atoms with E-state index in [9.17, 15) is 14.4 Å². The van der Waals surface area contributed by atoms with Crippen LogP contribution in [-0.4, -0.2) is 35.5 Å². The summed E-state index contributed by atoms with van der Waals surface area (Å²) in [5.41, 5.74) is 1.55. The van der Waals surface area contributed by atoms with Crippen molar-refractivity contribution >= 4 is 12.1 Å². The molecule has 7 heteroatoms. The molecule has 1 aliphatic rings. The van der Waals surface area contributed by atoms with Gasteiger partial charge in [0.25, 0.3) is 6.02 Å². The van der Waals surface area contributed by atoms with Gasteiger partial charge in [0, 0.05) is 5.56 Å². The van der Waals surface area contributed by atoms with Crippen molar-refractivity contribution in [1.29, 1.82) is 0 Å². The Morgan fingerprint density at radius 2 is 2.00 bits per heavy atom. The van der Waals surface area contributed by atoms with Gasteiger partial charge in [-0.1, -0.05) is 42.2 Å². The number of aliphatic imine (C=N–C) groups is 1. The first-order valence-electron chi connectivity index (χ1n) is 7.89. The average Bonchev–Trinajstić information content (AvgIpc) is 3.11. The molecule has 1 aliphatic heterocycles. The van der Waals surface area contributed by atoms with E-state index in [1.807, 2.05) is 30.3 Å². The second kappa shape index (κ2) is 8.14. The zero-order valence-corrected chi connectivity index (χ0v) is 13.7. The number of ether oxygens (including phenoxy) is 1. The van der Waals surface area contributed by atoms with Crippen molar-refractivity contribution in [1.82, 2.24) is 10.4 Å². The molecule has 2 aromatic rings. The van der Waals surface area contributed by atoms with Crippen molar-refractivity contribution < 1.29 is 19.1 Å². The molecule has 0 radical (unpaired) electrons. The van der Waals surface area contributed by atoms with E-state index < -0.39 is 6.03 Å². The molecule has 6 nitrogen and oxygen atoms in total. The van der Waals surface area contributed by atoms with Crippen LogP contribution in [0.5, 0.6) is 0 Å². The first-order chi connectivity index (χ1) is 12.6. The van der Waals surface area contributed by atoms with Crippen molar-refractivity contribution in [3.8, 4) is 11.8 Å². The van der Waals surface area contributed by atoms with Gasteiger partial charge in [0.1, 0.15) is 25.0 Å². The summed E-state index contributed by atoms with van der Waals surface area (Å²) in [6.07, 6.45) is 0. The number of amides is 2. The van der Waals surface area contributed by atoms with Gasteiger partial charge in [0.05, 0.1) is 0 Å². The largest absolute Gasteiger partial charge is 0.462 e. The maximum absolute atomic E-state index is 13.0. The lowest BCUT2D eigenvalue weighted by molar-refractivity contribution is -0.0295. The molecular weight excluding hydrogens is 337 g/mol. The van der Waals surface area contributed by atoms with Gasteiger partial charge in [-0.15, -0.1) is 0 Å². The second-order valence-electron chi connectivity index (χ2n) is 5.47. The minimum atomic E-state index is -0.800. The zero-order chi connectivity index (χ0) is 18.4. The molecule has 0 aromatic heterocycles. The third-order valence-electron chi connectivity index (χ3n) is 3.59. The summed E-state index contributed by atoms with van der Waals surface area (Å²) in [6, 6.07) is 14.0. The van der Waals surface area contributed by atoms with E-state index in [1.54, 1.807) is 12.1 Å². The lowest BCUT2D eigenvalue weighted by Crippen LogP contribution is -2.41. The molecule has 0 bridgehead atoms. The molecule has 2 aromatic carbocycles. The molecule has 2 amide bonds. The summed E-state index contributed by atoms with van der Waals surface area (Å²) in [4.78, 5) is 16.1. The number of rotatable bonds is 2. The molecule has 132 valence electrons. The molecule has 0 saturated heterocycles. The monoisotopic (exact) mass is 353 g/mol. The van der Waals surface area contributed by atoms with Crippen LogP contribution in [-0.2, 0) is 4.74 Å². The number of nitrogens with one attached hydrogen (secondary N) is 1. The van der Waals surface area contributed by atoms with E-state index >= 15 is 0 Å². The molecule has 0 saturated carbocycles. The van der Waals surface area contributed by atoms with Gasteiger partial charge in [0.15, 0.2) is 0 Å². The van der Waals surface area contributed by atoms with Gasteiger partial charge in [-0.25, -0.2) is 14.2 Å². The molecule has 26 heavy (non-hydrogen) atoms. The van der Waals surface area contributed by atoms with Crippen molar-refractivity contribution in [2.24, 2.45) is 4.99 Å². The molecule has 2 N–H and O–H groups in total. The van der Waals surface area contributed by atoms with Gasteiger partial charge in [-0.05, 0) is 29.8 Å². The quantitative estimate of drug-likeness (QED) is 0.495. The van der Waals surface area contributed by atoms with Crippen molar-refractivity contribution in [2.75, 3.05) is 13.2 Å². The fourth-order valence-electron chi connectivity index (χ4n) is 2.26. The number of hydroxylamine groups is 2. The number of benzene rings is 2. The van der Waals surface area contributed by atoms with E-state index in [0.717, 1.165) is 11.1 Å². The number of hydrogen-bond donors (Lipinski definition) is 2. The Labute approximate surface area is 149 Å². The van der Waals surface area contributed by atoms with E-state index in [-0.39, 0.29) is 31.0 Å². The van der Waals surface area contributed by atoms with Crippen LogP contribution in [0, 0.1) is 17.7 Å². The Kier molecular flexibility index (Phi) is 5.46. The normalized spacial score (nSPS) is 15.3. The number of amidine groups is 1. The molecule has 0 fully saturated rings. The van der Waals surface area contributed by atoms with Crippen LogP contribution in [0.15, 0.2) is 59.6 Å². The van der Waals surface area contributed by atoms with Crippen molar-refractivity contribution in [3.05, 3.63) is 71.5 Å². The fraction of sp³-hybridized carbons (Fsp3) is 0.158. The summed E-state index contributed by atoms with van der Waals surface area (Å²) in [5, 5.41) is 12.5. The van der Waals surface area contributed by atoms with Crippen LogP contribution in [0.1, 0.15) is 17.2 Å². The van der Waals surface area contributed by atoms with Gasteiger partial charge in [-0.3, -0.25) is 10.5 Å². The topological polar surface area (TPSA) is 74.2 Å². The van der Waals surface area contributed by atoms with Gasteiger partial charge >= 0.3 is 6.03 Å². The van der Waals surface area contributed by atoms with Gasteiger partial charge < -0.3 is 4.74 Å². The van der Waals surface area contributed by atoms with E-state index in [1.165, 1.54) is 12.1 Å². The molecule has 1 atom stereocenters. The predicted octanol–water partition coefficient (Wildman–Crippen LogP) is 2.71. The molecule has 0 unspecified atom stereocenters. The highest BCUT2D eigenvalue weighted by atomic mass is 19.1. The molecule has 0 aliphatic carbocycles. The number of hydrogen-bond acceptors (Lipinski definition) is 4. The smallest absolute Gasteiger partial charge is 0.350 e. The average molecular weight is 353 g/mol. The van der Waals surface area contributed by atoms with Crippen LogP contribution >= 0.6 is 0 Å². The fourth-order valence-corrected chi connectivity index (χ4v) is 2.26. The number of nitrogens with zero attached hydrogens (tertiary/aromatic N) is 2. The van der Waals surface area contributed by atoms with Crippen LogP contribution in [0.3, 0.4) is 0 Å². The van der Waals surface area contributed by atoms with E-state index in [2.05, 4.69) is 22.2 Å². The number of halogens is 1. The lowest BCUT2D eigenvalue weighted by Gasteiger charge is -2.12. The lowest BCUT2D eigenvalue weighted by atomic mass is 10.1.